The van der Waals surface area contributed by atoms with Crippen LogP contribution in [0.4, 0.5) is 10.5 Å². The van der Waals surface area contributed by atoms with Crippen LogP contribution in [0.1, 0.15) is 68.7 Å². The van der Waals surface area contributed by atoms with Gasteiger partial charge in [0.1, 0.15) is 17.0 Å². The van der Waals surface area contributed by atoms with Crippen molar-refractivity contribution in [1.29, 1.82) is 0 Å². The van der Waals surface area contributed by atoms with Gasteiger partial charge in [0.15, 0.2) is 0 Å². The number of pyridine rings is 1. The number of ether oxygens (including phenoxy) is 2. The van der Waals surface area contributed by atoms with E-state index in [9.17, 15) is 9.59 Å². The average molecular weight is 480 g/mol. The van der Waals surface area contributed by atoms with Crippen LogP contribution in [0.3, 0.4) is 0 Å². The van der Waals surface area contributed by atoms with Crippen molar-refractivity contribution in [3.8, 4) is 5.75 Å². The number of nitrogens with zero attached hydrogens (tertiary/aromatic N) is 3. The van der Waals surface area contributed by atoms with Gasteiger partial charge in [-0.1, -0.05) is 6.07 Å². The summed E-state index contributed by atoms with van der Waals surface area (Å²) in [5, 5.41) is 11.6. The molecule has 4 rings (SSSR count). The summed E-state index contributed by atoms with van der Waals surface area (Å²) < 4.78 is 12.9. The van der Waals surface area contributed by atoms with Crippen LogP contribution < -0.4 is 15.4 Å². The molecule has 9 nitrogen and oxygen atoms in total. The van der Waals surface area contributed by atoms with Crippen LogP contribution in [0.15, 0.2) is 36.5 Å². The van der Waals surface area contributed by atoms with Crippen LogP contribution in [-0.2, 0) is 4.74 Å². The van der Waals surface area contributed by atoms with Gasteiger partial charge in [0.25, 0.3) is 5.91 Å². The number of hydrogen-bond donors (Lipinski definition) is 2. The summed E-state index contributed by atoms with van der Waals surface area (Å²) in [6.07, 6.45) is 5.14. The molecule has 0 spiro atoms. The van der Waals surface area contributed by atoms with Crippen LogP contribution in [0.25, 0.3) is 10.9 Å². The molecule has 0 bridgehead atoms. The minimum Gasteiger partial charge on any atom is -0.494 e. The molecule has 0 atom stereocenters. The second-order valence-corrected chi connectivity index (χ2v) is 9.99. The first-order chi connectivity index (χ1) is 16.6. The Morgan fingerprint density at radius 2 is 1.86 bits per heavy atom. The molecule has 3 aromatic rings. The molecule has 1 aliphatic carbocycles. The first-order valence-electron chi connectivity index (χ1n) is 11.9. The third-order valence-corrected chi connectivity index (χ3v) is 6.00. The summed E-state index contributed by atoms with van der Waals surface area (Å²) in [6, 6.07) is 9.38. The van der Waals surface area contributed by atoms with E-state index < -0.39 is 5.60 Å². The number of fused-ring (bicyclic) bond motifs is 1. The Kier molecular flexibility index (Phi) is 6.95. The Hall–Kier alpha value is -3.62. The van der Waals surface area contributed by atoms with E-state index in [-0.39, 0.29) is 24.1 Å². The predicted molar refractivity (Wildman–Crippen MR) is 134 cm³/mol. The molecule has 1 fully saturated rings. The fourth-order valence-corrected chi connectivity index (χ4v) is 4.34. The molecular formula is C26H33N5O4. The van der Waals surface area contributed by atoms with Crippen LogP contribution >= 0.6 is 0 Å². The Labute approximate surface area is 205 Å². The maximum atomic E-state index is 12.7. The molecule has 2 heterocycles. The zero-order chi connectivity index (χ0) is 25.2. The lowest BCUT2D eigenvalue weighted by molar-refractivity contribution is 0.0487. The summed E-state index contributed by atoms with van der Waals surface area (Å²) in [5.74, 6) is 0.239. The molecule has 2 amide bonds. The minimum absolute atomic E-state index is 0.100. The average Bonchev–Trinajstić information content (AvgIpc) is 3.20. The van der Waals surface area contributed by atoms with Crippen molar-refractivity contribution >= 4 is 28.6 Å². The number of carbonyl (C=O) groups is 2. The Morgan fingerprint density at radius 3 is 2.51 bits per heavy atom. The van der Waals surface area contributed by atoms with Crippen LogP contribution in [-0.4, -0.2) is 45.5 Å². The molecule has 2 aromatic heterocycles. The van der Waals surface area contributed by atoms with Crippen molar-refractivity contribution in [3.05, 3.63) is 47.9 Å². The third-order valence-electron chi connectivity index (χ3n) is 6.00. The summed E-state index contributed by atoms with van der Waals surface area (Å²) in [6.45, 7) is 7.42. The first-order valence-corrected chi connectivity index (χ1v) is 11.9. The highest BCUT2D eigenvalue weighted by molar-refractivity contribution is 6.05. The number of benzene rings is 1. The number of hydrogen-bond acceptors (Lipinski definition) is 6. The van der Waals surface area contributed by atoms with Crippen LogP contribution in [0.5, 0.6) is 5.75 Å². The Morgan fingerprint density at radius 1 is 1.11 bits per heavy atom. The van der Waals surface area contributed by atoms with Gasteiger partial charge in [-0.05, 0) is 71.6 Å². The molecule has 1 saturated carbocycles. The smallest absolute Gasteiger partial charge is 0.407 e. The van der Waals surface area contributed by atoms with Gasteiger partial charge in [0.2, 0.25) is 0 Å². The van der Waals surface area contributed by atoms with Crippen molar-refractivity contribution in [2.75, 3.05) is 12.4 Å². The number of aromatic nitrogens is 3. The number of carbonyl (C=O) groups excluding carboxylic acids is 2. The second kappa shape index (κ2) is 9.93. The third kappa shape index (κ3) is 6.09. The zero-order valence-electron chi connectivity index (χ0n) is 20.9. The maximum Gasteiger partial charge on any atom is 0.407 e. The van der Waals surface area contributed by atoms with Gasteiger partial charge < -0.3 is 20.1 Å². The van der Waals surface area contributed by atoms with Crippen molar-refractivity contribution in [1.82, 2.24) is 20.1 Å². The van der Waals surface area contributed by atoms with Crippen molar-refractivity contribution in [3.63, 3.8) is 0 Å². The lowest BCUT2D eigenvalue weighted by Gasteiger charge is -2.30. The van der Waals surface area contributed by atoms with Gasteiger partial charge in [-0.25, -0.2) is 9.78 Å². The molecule has 0 aliphatic heterocycles. The number of anilines is 1. The summed E-state index contributed by atoms with van der Waals surface area (Å²) in [5.41, 5.74) is 1.98. The first kappa shape index (κ1) is 24.5. The minimum atomic E-state index is -0.508. The molecule has 35 heavy (non-hydrogen) atoms. The molecule has 1 aromatic carbocycles. The highest BCUT2D eigenvalue weighted by atomic mass is 16.6. The SMILES string of the molecule is COc1cc2nn(C3CCC(NC(=O)OC(C)(C)C)CC3)cc2cc1NC(=O)c1cccc(C)n1. The topological polar surface area (TPSA) is 107 Å². The highest BCUT2D eigenvalue weighted by Crippen LogP contribution is 2.33. The highest BCUT2D eigenvalue weighted by Gasteiger charge is 2.26. The van der Waals surface area contributed by atoms with Gasteiger partial charge in [0, 0.05) is 29.4 Å². The normalized spacial score (nSPS) is 18.2. The van der Waals surface area contributed by atoms with Crippen molar-refractivity contribution < 1.29 is 19.1 Å². The summed E-state index contributed by atoms with van der Waals surface area (Å²) in [4.78, 5) is 29.1. The van der Waals surface area contributed by atoms with Gasteiger partial charge in [-0.3, -0.25) is 9.48 Å². The number of amides is 2. The standard InChI is InChI=1S/C26H33N5O4/c1-16-7-6-8-20(27-16)24(32)29-22-13-17-15-31(30-21(17)14-23(22)34-5)19-11-9-18(10-12-19)28-25(33)35-26(2,3)4/h6-8,13-15,18-19H,9-12H2,1-5H3,(H,28,33)(H,29,32). The number of rotatable bonds is 5. The van der Waals surface area contributed by atoms with E-state index in [0.29, 0.717) is 17.1 Å². The summed E-state index contributed by atoms with van der Waals surface area (Å²) in [7, 11) is 1.57. The number of methoxy groups -OCH3 is 1. The van der Waals surface area contributed by atoms with Crippen LogP contribution in [0, 0.1) is 6.92 Å². The van der Waals surface area contributed by atoms with Gasteiger partial charge >= 0.3 is 6.09 Å². The largest absolute Gasteiger partial charge is 0.494 e. The lowest BCUT2D eigenvalue weighted by atomic mass is 9.91. The Balaban J connectivity index is 1.44. The fraction of sp³-hybridized carbons (Fsp3) is 0.462. The van der Waals surface area contributed by atoms with E-state index >= 15 is 0 Å². The second-order valence-electron chi connectivity index (χ2n) is 9.99. The maximum absolute atomic E-state index is 12.7. The molecule has 9 heteroatoms. The van der Waals surface area contributed by atoms with Gasteiger partial charge in [-0.2, -0.15) is 5.10 Å². The Bertz CT molecular complexity index is 1220. The fourth-order valence-electron chi connectivity index (χ4n) is 4.34. The molecular weight excluding hydrogens is 446 g/mol. The predicted octanol–water partition coefficient (Wildman–Crippen LogP) is 5.01. The van der Waals surface area contributed by atoms with E-state index in [1.54, 1.807) is 19.2 Å². The molecule has 0 saturated heterocycles. The molecule has 0 unspecified atom stereocenters. The van der Waals surface area contributed by atoms with Crippen molar-refractivity contribution in [2.45, 2.75) is 71.1 Å². The zero-order valence-corrected chi connectivity index (χ0v) is 20.9. The van der Waals surface area contributed by atoms with E-state index in [0.717, 1.165) is 42.3 Å². The summed E-state index contributed by atoms with van der Waals surface area (Å²) >= 11 is 0. The quantitative estimate of drug-likeness (QED) is 0.533. The molecule has 1 aliphatic rings. The van der Waals surface area contributed by atoms with E-state index in [1.807, 2.05) is 56.8 Å². The van der Waals surface area contributed by atoms with E-state index in [1.165, 1.54) is 0 Å². The number of aryl methyl sites for hydroxylation is 1. The monoisotopic (exact) mass is 479 g/mol. The van der Waals surface area contributed by atoms with E-state index in [4.69, 9.17) is 14.6 Å². The molecule has 186 valence electrons. The van der Waals surface area contributed by atoms with E-state index in [2.05, 4.69) is 15.6 Å². The van der Waals surface area contributed by atoms with Crippen molar-refractivity contribution in [2.24, 2.45) is 0 Å². The van der Waals surface area contributed by atoms with Crippen LogP contribution in [0.2, 0.25) is 0 Å². The number of nitrogens with one attached hydrogen (secondary N) is 2. The number of alkyl carbamates (subject to hydrolysis) is 1. The van der Waals surface area contributed by atoms with Gasteiger partial charge in [0.05, 0.1) is 24.4 Å². The molecule has 0 radical (unpaired) electrons. The van der Waals surface area contributed by atoms with Gasteiger partial charge in [-0.15, -0.1) is 0 Å². The lowest BCUT2D eigenvalue weighted by Crippen LogP contribution is -2.41. The molecule has 2 N–H and O–H groups in total.